The molecule has 80 valence electrons. The number of fused-ring (bicyclic) bond motifs is 3. The van der Waals surface area contributed by atoms with Gasteiger partial charge >= 0.3 is 0 Å². The number of pyridine rings is 1. The first kappa shape index (κ1) is 9.67. The Hall–Kier alpha value is -1.54. The fourth-order valence-electron chi connectivity index (χ4n) is 2.18. The van der Waals surface area contributed by atoms with E-state index >= 15 is 0 Å². The van der Waals surface area contributed by atoms with Crippen LogP contribution in [0.5, 0.6) is 0 Å². The minimum absolute atomic E-state index is 0.542. The number of nitrogens with zero attached hydrogens (tertiary/aromatic N) is 2. The summed E-state index contributed by atoms with van der Waals surface area (Å²) in [6.45, 7) is 2.10. The molecule has 2 aromatic heterocycles. The van der Waals surface area contributed by atoms with Gasteiger partial charge in [0.25, 0.3) is 0 Å². The van der Waals surface area contributed by atoms with Gasteiger partial charge in [-0.15, -0.1) is 0 Å². The van der Waals surface area contributed by atoms with Gasteiger partial charge in [0.05, 0.1) is 11.7 Å². The maximum Gasteiger partial charge on any atom is 0.129 e. The Morgan fingerprint density at radius 1 is 1.12 bits per heavy atom. The van der Waals surface area contributed by atoms with Crippen molar-refractivity contribution in [2.45, 2.75) is 6.92 Å². The topological polar surface area (TPSA) is 17.8 Å². The van der Waals surface area contributed by atoms with Crippen molar-refractivity contribution in [3.8, 4) is 0 Å². The van der Waals surface area contributed by atoms with E-state index in [0.29, 0.717) is 5.15 Å². The monoisotopic (exact) mass is 230 g/mol. The third-order valence-corrected chi connectivity index (χ3v) is 3.22. The van der Waals surface area contributed by atoms with Crippen LogP contribution in [-0.2, 0) is 7.05 Å². The predicted molar refractivity (Wildman–Crippen MR) is 68.0 cm³/mol. The summed E-state index contributed by atoms with van der Waals surface area (Å²) in [4.78, 5) is 4.13. The largest absolute Gasteiger partial charge is 0.342 e. The molecule has 0 atom stereocenters. The number of aromatic nitrogens is 2. The fourth-order valence-corrected chi connectivity index (χ4v) is 2.34. The Labute approximate surface area is 98.5 Å². The van der Waals surface area contributed by atoms with Crippen LogP contribution < -0.4 is 0 Å². The number of benzene rings is 1. The quantitative estimate of drug-likeness (QED) is 0.539. The van der Waals surface area contributed by atoms with Crippen LogP contribution in [0.4, 0.5) is 0 Å². The minimum atomic E-state index is 0.542. The molecule has 1 aromatic carbocycles. The summed E-state index contributed by atoms with van der Waals surface area (Å²) >= 11 is 5.94. The molecule has 2 heterocycles. The highest BCUT2D eigenvalue weighted by molar-refractivity contribution is 6.30. The van der Waals surface area contributed by atoms with Gasteiger partial charge in [-0.05, 0) is 24.6 Å². The predicted octanol–water partition coefficient (Wildman–Crippen LogP) is 3.69. The lowest BCUT2D eigenvalue weighted by Crippen LogP contribution is -1.87. The van der Waals surface area contributed by atoms with Crippen LogP contribution in [0.3, 0.4) is 0 Å². The second kappa shape index (κ2) is 3.22. The second-order valence-electron chi connectivity index (χ2n) is 4.10. The Kier molecular flexibility index (Phi) is 1.95. The molecule has 0 radical (unpaired) electrons. The zero-order valence-corrected chi connectivity index (χ0v) is 9.92. The number of rotatable bonds is 0. The molecule has 0 saturated heterocycles. The van der Waals surface area contributed by atoms with Gasteiger partial charge in [-0.3, -0.25) is 0 Å². The van der Waals surface area contributed by atoms with Crippen molar-refractivity contribution in [3.63, 3.8) is 0 Å². The minimum Gasteiger partial charge on any atom is -0.342 e. The Morgan fingerprint density at radius 2 is 1.94 bits per heavy atom. The highest BCUT2D eigenvalue weighted by atomic mass is 35.5. The number of hydrogen-bond donors (Lipinski definition) is 0. The van der Waals surface area contributed by atoms with Crippen molar-refractivity contribution in [1.82, 2.24) is 9.55 Å². The van der Waals surface area contributed by atoms with Gasteiger partial charge < -0.3 is 4.57 Å². The molecule has 0 amide bonds. The van der Waals surface area contributed by atoms with Crippen LogP contribution in [0, 0.1) is 6.92 Å². The van der Waals surface area contributed by atoms with Crippen LogP contribution in [0.2, 0.25) is 5.15 Å². The van der Waals surface area contributed by atoms with E-state index in [1.54, 1.807) is 0 Å². The molecule has 3 heteroatoms. The third kappa shape index (κ3) is 1.23. The van der Waals surface area contributed by atoms with E-state index in [1.807, 2.05) is 12.3 Å². The van der Waals surface area contributed by atoms with Crippen molar-refractivity contribution in [2.75, 3.05) is 0 Å². The number of aryl methyl sites for hydroxylation is 2. The lowest BCUT2D eigenvalue weighted by Gasteiger charge is -1.97. The van der Waals surface area contributed by atoms with E-state index in [2.05, 4.69) is 41.7 Å². The standard InChI is InChI=1S/C13H11ClN2/c1-8-3-4-9-10-6-13(14)15-7-12(10)16(2)11(9)5-8/h3-7H,1-2H3. The average molecular weight is 231 g/mol. The van der Waals surface area contributed by atoms with Gasteiger partial charge in [-0.25, -0.2) is 4.98 Å². The van der Waals surface area contributed by atoms with Crippen LogP contribution >= 0.6 is 11.6 Å². The molecule has 0 aliphatic carbocycles. The molecule has 2 nitrogen and oxygen atoms in total. The van der Waals surface area contributed by atoms with Crippen LogP contribution in [0.1, 0.15) is 5.56 Å². The van der Waals surface area contributed by atoms with Gasteiger partial charge in [0, 0.05) is 23.3 Å². The van der Waals surface area contributed by atoms with Crippen molar-refractivity contribution < 1.29 is 0 Å². The summed E-state index contributed by atoms with van der Waals surface area (Å²) in [6.07, 6.45) is 1.83. The first-order valence-corrected chi connectivity index (χ1v) is 5.55. The average Bonchev–Trinajstić information content (AvgIpc) is 2.52. The van der Waals surface area contributed by atoms with E-state index in [1.165, 1.54) is 16.5 Å². The van der Waals surface area contributed by atoms with Crippen LogP contribution in [0.15, 0.2) is 30.5 Å². The molecule has 16 heavy (non-hydrogen) atoms. The molecule has 0 bridgehead atoms. The first-order chi connectivity index (χ1) is 7.66. The van der Waals surface area contributed by atoms with Gasteiger partial charge in [0.15, 0.2) is 0 Å². The third-order valence-electron chi connectivity index (χ3n) is 3.02. The molecule has 0 aliphatic heterocycles. The highest BCUT2D eigenvalue weighted by Crippen LogP contribution is 2.29. The summed E-state index contributed by atoms with van der Waals surface area (Å²) in [5.41, 5.74) is 3.60. The first-order valence-electron chi connectivity index (χ1n) is 5.17. The molecular weight excluding hydrogens is 220 g/mol. The number of hydrogen-bond acceptors (Lipinski definition) is 1. The Balaban J connectivity index is 2.59. The summed E-state index contributed by atoms with van der Waals surface area (Å²) in [7, 11) is 2.06. The molecule has 0 saturated carbocycles. The Morgan fingerprint density at radius 3 is 2.75 bits per heavy atom. The molecule has 0 aliphatic rings. The number of halogens is 1. The molecule has 3 rings (SSSR count). The zero-order valence-electron chi connectivity index (χ0n) is 9.16. The summed E-state index contributed by atoms with van der Waals surface area (Å²) in [5, 5.41) is 2.94. The SMILES string of the molecule is Cc1ccc2c3cc(Cl)ncc3n(C)c2c1. The van der Waals surface area contributed by atoms with Gasteiger partial charge in [-0.1, -0.05) is 23.7 Å². The van der Waals surface area contributed by atoms with Gasteiger partial charge in [-0.2, -0.15) is 0 Å². The van der Waals surface area contributed by atoms with Gasteiger partial charge in [0.1, 0.15) is 5.15 Å². The maximum atomic E-state index is 5.94. The van der Waals surface area contributed by atoms with Crippen LogP contribution in [0.25, 0.3) is 21.8 Å². The van der Waals surface area contributed by atoms with E-state index in [-0.39, 0.29) is 0 Å². The normalized spacial score (nSPS) is 11.4. The summed E-state index contributed by atoms with van der Waals surface area (Å²) < 4.78 is 2.15. The maximum absolute atomic E-state index is 5.94. The molecule has 0 spiro atoms. The summed E-state index contributed by atoms with van der Waals surface area (Å²) in [6, 6.07) is 8.37. The van der Waals surface area contributed by atoms with E-state index in [4.69, 9.17) is 11.6 Å². The second-order valence-corrected chi connectivity index (χ2v) is 4.49. The highest BCUT2D eigenvalue weighted by Gasteiger charge is 2.08. The molecule has 0 fully saturated rings. The molecular formula is C13H11ClN2. The molecule has 0 unspecified atom stereocenters. The van der Waals surface area contributed by atoms with E-state index < -0.39 is 0 Å². The zero-order chi connectivity index (χ0) is 11.3. The van der Waals surface area contributed by atoms with E-state index in [0.717, 1.165) is 10.9 Å². The van der Waals surface area contributed by atoms with Gasteiger partial charge in [0.2, 0.25) is 0 Å². The molecule has 3 aromatic rings. The van der Waals surface area contributed by atoms with Crippen LogP contribution in [-0.4, -0.2) is 9.55 Å². The van der Waals surface area contributed by atoms with Crippen molar-refractivity contribution >= 4 is 33.4 Å². The smallest absolute Gasteiger partial charge is 0.129 e. The lowest BCUT2D eigenvalue weighted by molar-refractivity contribution is 1.01. The van der Waals surface area contributed by atoms with Crippen molar-refractivity contribution in [1.29, 1.82) is 0 Å². The van der Waals surface area contributed by atoms with Crippen molar-refractivity contribution in [3.05, 3.63) is 41.2 Å². The summed E-state index contributed by atoms with van der Waals surface area (Å²) in [5.74, 6) is 0. The van der Waals surface area contributed by atoms with E-state index in [9.17, 15) is 0 Å². The molecule has 0 N–H and O–H groups in total. The fraction of sp³-hybridized carbons (Fsp3) is 0.154. The lowest BCUT2D eigenvalue weighted by atomic mass is 10.1. The Bertz CT molecular complexity index is 698. The van der Waals surface area contributed by atoms with Crippen molar-refractivity contribution in [2.24, 2.45) is 7.05 Å².